The van der Waals surface area contributed by atoms with Gasteiger partial charge in [-0.05, 0) is 117 Å². The number of Topliss-reactive ketones (excluding diaryl/α,β-unsaturated/α-hetero) is 1. The SMILES string of the molecule is COc1cc(CC[C@H]2OC(=O)[C@@H]3CCCCN3C(=O)C(=O)C(C)(C)COC(=O)C=CCCN(C)C(=O)[C@@H](Cc3ccccc3)NC(=O)CN(C)C(=O)[C@@H](Cc3ccccc3)NC(=O)[C@H](Cc3ccc(O)cc3)N(C)C(=O)COc3cccc2c3)cc(OC)c1OC. The molecule has 22 nitrogen and oxygen atoms in total. The molecule has 6 amide bonds. The summed E-state index contributed by atoms with van der Waals surface area (Å²) in [7, 11) is 8.83. The predicted octanol–water partition coefficient (Wildman–Crippen LogP) is 5.93. The molecule has 5 aromatic carbocycles. The minimum atomic E-state index is -1.53. The maximum atomic E-state index is 14.9. The molecule has 91 heavy (non-hydrogen) atoms. The topological polar surface area (TPSA) is 266 Å². The fourth-order valence-corrected chi connectivity index (χ4v) is 10.8. The number of carbonyl (C=O) groups excluding carboxylic acids is 9. The summed E-state index contributed by atoms with van der Waals surface area (Å²) in [6.45, 7) is 1.51. The number of rotatable bonds is 12. The van der Waals surface area contributed by atoms with Crippen LogP contribution in [0.25, 0.3) is 0 Å². The van der Waals surface area contributed by atoms with Crippen molar-refractivity contribution in [2.24, 2.45) is 5.41 Å². The lowest BCUT2D eigenvalue weighted by atomic mass is 9.87. The molecule has 5 atom stereocenters. The van der Waals surface area contributed by atoms with Crippen molar-refractivity contribution >= 4 is 53.2 Å². The van der Waals surface area contributed by atoms with Gasteiger partial charge in [-0.25, -0.2) is 9.59 Å². The van der Waals surface area contributed by atoms with Gasteiger partial charge < -0.3 is 63.8 Å². The normalized spacial score (nSPS) is 20.9. The Morgan fingerprint density at radius 3 is 1.89 bits per heavy atom. The largest absolute Gasteiger partial charge is 0.508 e. The van der Waals surface area contributed by atoms with Crippen LogP contribution in [0.3, 0.4) is 0 Å². The molecule has 3 N–H and O–H groups in total. The van der Waals surface area contributed by atoms with Crippen LogP contribution in [0.4, 0.5) is 0 Å². The van der Waals surface area contributed by atoms with Crippen molar-refractivity contribution < 1.29 is 76.7 Å². The van der Waals surface area contributed by atoms with Crippen molar-refractivity contribution in [3.8, 4) is 28.7 Å². The molecule has 0 unspecified atom stereocenters. The molecule has 484 valence electrons. The molecule has 7 rings (SSSR count). The summed E-state index contributed by atoms with van der Waals surface area (Å²) in [5.41, 5.74) is 1.63. The van der Waals surface area contributed by atoms with Crippen molar-refractivity contribution in [1.29, 1.82) is 0 Å². The van der Waals surface area contributed by atoms with Gasteiger partial charge in [0.1, 0.15) is 48.4 Å². The van der Waals surface area contributed by atoms with Crippen LogP contribution >= 0.6 is 0 Å². The van der Waals surface area contributed by atoms with Gasteiger partial charge in [-0.2, -0.15) is 0 Å². The number of hydrogen-bond acceptors (Lipinski definition) is 16. The molecule has 2 aliphatic heterocycles. The van der Waals surface area contributed by atoms with Gasteiger partial charge in [0.15, 0.2) is 18.1 Å². The van der Waals surface area contributed by atoms with Crippen LogP contribution in [-0.4, -0.2) is 177 Å². The molecule has 22 heteroatoms. The first kappa shape index (κ1) is 68.8. The number of aryl methyl sites for hydroxylation is 1. The first-order chi connectivity index (χ1) is 43.6. The minimum Gasteiger partial charge on any atom is -0.508 e. The number of ketones is 1. The fraction of sp³-hybridized carbons (Fsp3) is 0.406. The monoisotopic (exact) mass is 1250 g/mol. The van der Waals surface area contributed by atoms with Gasteiger partial charge in [-0.1, -0.05) is 91.0 Å². The van der Waals surface area contributed by atoms with Crippen LogP contribution in [0, 0.1) is 5.41 Å². The predicted molar refractivity (Wildman–Crippen MR) is 336 cm³/mol. The summed E-state index contributed by atoms with van der Waals surface area (Å²) in [5.74, 6) is -5.24. The summed E-state index contributed by atoms with van der Waals surface area (Å²) in [5, 5.41) is 15.9. The highest BCUT2D eigenvalue weighted by atomic mass is 16.6. The number of aromatic hydroxyl groups is 1. The average Bonchev–Trinajstić information content (AvgIpc) is 2.87. The van der Waals surface area contributed by atoms with E-state index in [9.17, 15) is 48.3 Å². The number of cyclic esters (lactones) is 2. The Morgan fingerprint density at radius 1 is 0.648 bits per heavy atom. The van der Waals surface area contributed by atoms with Crippen molar-refractivity contribution in [1.82, 2.24) is 30.2 Å². The summed E-state index contributed by atoms with van der Waals surface area (Å²) in [4.78, 5) is 133. The van der Waals surface area contributed by atoms with E-state index in [0.717, 1.165) is 22.1 Å². The summed E-state index contributed by atoms with van der Waals surface area (Å²) in [6, 6.07) is 29.3. The quantitative estimate of drug-likeness (QED) is 0.0964. The lowest BCUT2D eigenvalue weighted by Gasteiger charge is -2.36. The third kappa shape index (κ3) is 19.1. The van der Waals surface area contributed by atoms with Crippen LogP contribution < -0.4 is 29.6 Å². The van der Waals surface area contributed by atoms with E-state index in [0.29, 0.717) is 46.8 Å². The van der Waals surface area contributed by atoms with Crippen molar-refractivity contribution in [3.05, 3.63) is 161 Å². The third-order valence-corrected chi connectivity index (χ3v) is 16.1. The molecule has 0 spiro atoms. The maximum Gasteiger partial charge on any atom is 0.330 e. The van der Waals surface area contributed by atoms with Crippen molar-refractivity contribution in [2.45, 2.75) is 102 Å². The standard InChI is InChI=1S/C69H82N6O16/c1-69(2)44-90-61(79)27-16-17-34-72(3)65(82)52(36-45-20-11-9-12-21-45)70-59(77)42-73(4)66(83)53(37-46-22-13-10-14-23-46)71-64(81)55(38-47-28-31-50(76)32-29-47)74(5)60(78)43-89-51-25-19-24-49(41-51)56(33-30-48-39-57(86-6)62(88-8)58(40-48)87-7)91-68(85)54-26-15-18-35-75(54)67(84)63(69)80/h9-14,16,19-25,27-29,31-32,39-41,52-56,76H,15,17-18,26,30,33-38,42-44H2,1-8H3,(H,70,77)(H,71,81)/t52-,53-,54+,55+,56-/m1/s1. The Labute approximate surface area is 530 Å². The van der Waals surface area contributed by atoms with E-state index >= 15 is 0 Å². The van der Waals surface area contributed by atoms with Crippen LogP contribution in [0.2, 0.25) is 0 Å². The number of fused-ring (bicyclic) bond motifs is 3. The molecule has 2 heterocycles. The number of ether oxygens (including phenoxy) is 6. The first-order valence-corrected chi connectivity index (χ1v) is 30.2. The fourth-order valence-electron chi connectivity index (χ4n) is 10.8. The van der Waals surface area contributed by atoms with Gasteiger partial charge in [0.25, 0.3) is 11.8 Å². The number of phenolic OH excluding ortho intramolecular Hbond substituents is 1. The Balaban J connectivity index is 1.23. The zero-order chi connectivity index (χ0) is 65.8. The van der Waals surface area contributed by atoms with E-state index in [4.69, 9.17) is 28.4 Å². The van der Waals surface area contributed by atoms with Crippen LogP contribution in [-0.2, 0) is 78.3 Å². The van der Waals surface area contributed by atoms with E-state index in [1.165, 1.54) is 82.2 Å². The van der Waals surface area contributed by atoms with Gasteiger partial charge in [0.05, 0.1) is 33.3 Å². The number of likely N-dealkylation sites (N-methyl/N-ethyl adjacent to an activating group) is 3. The van der Waals surface area contributed by atoms with Gasteiger partial charge in [0.2, 0.25) is 35.2 Å². The first-order valence-electron chi connectivity index (χ1n) is 30.2. The second-order valence-corrected chi connectivity index (χ2v) is 23.3. The number of benzene rings is 5. The molecule has 0 aliphatic carbocycles. The molecule has 0 saturated carbocycles. The molecular weight excluding hydrogens is 1170 g/mol. The van der Waals surface area contributed by atoms with Crippen LogP contribution in [0.15, 0.2) is 133 Å². The highest BCUT2D eigenvalue weighted by Gasteiger charge is 2.43. The average molecular weight is 1250 g/mol. The van der Waals surface area contributed by atoms with Crippen LogP contribution in [0.1, 0.15) is 79.9 Å². The number of phenols is 1. The number of esters is 2. The molecule has 0 aromatic heterocycles. The zero-order valence-corrected chi connectivity index (χ0v) is 52.8. The van der Waals surface area contributed by atoms with Crippen molar-refractivity contribution in [3.63, 3.8) is 0 Å². The van der Waals surface area contributed by atoms with E-state index in [2.05, 4.69) is 10.6 Å². The van der Waals surface area contributed by atoms with Crippen LogP contribution in [0.5, 0.6) is 28.7 Å². The Morgan fingerprint density at radius 2 is 1.26 bits per heavy atom. The number of nitrogens with one attached hydrogen (secondary N) is 2. The number of hydrogen-bond donors (Lipinski definition) is 3. The van der Waals surface area contributed by atoms with E-state index in [1.807, 2.05) is 6.07 Å². The molecule has 5 aromatic rings. The van der Waals surface area contributed by atoms with E-state index in [1.54, 1.807) is 110 Å². The van der Waals surface area contributed by atoms with Gasteiger partial charge >= 0.3 is 11.9 Å². The molecule has 0 radical (unpaired) electrons. The number of piperidine rings is 1. The Hall–Kier alpha value is -9.73. The van der Waals surface area contributed by atoms with Gasteiger partial charge in [-0.3, -0.25) is 33.6 Å². The second-order valence-electron chi connectivity index (χ2n) is 23.3. The Kier molecular flexibility index (Phi) is 24.7. The summed E-state index contributed by atoms with van der Waals surface area (Å²) >= 11 is 0. The number of nitrogens with zero attached hydrogens (tertiary/aromatic N) is 4. The molecular formula is C69H82N6O16. The lowest BCUT2D eigenvalue weighted by Crippen LogP contribution is -2.57. The second kappa shape index (κ2) is 32.7. The zero-order valence-electron chi connectivity index (χ0n) is 52.8. The molecule has 1 fully saturated rings. The van der Waals surface area contributed by atoms with Crippen molar-refractivity contribution in [2.75, 3.05) is 75.3 Å². The third-order valence-electron chi connectivity index (χ3n) is 16.1. The number of methoxy groups -OCH3 is 3. The van der Waals surface area contributed by atoms with Gasteiger partial charge in [-0.15, -0.1) is 0 Å². The molecule has 2 aliphatic rings. The molecule has 1 saturated heterocycles. The van der Waals surface area contributed by atoms with Gasteiger partial charge in [0, 0.05) is 59.6 Å². The summed E-state index contributed by atoms with van der Waals surface area (Å²) in [6.07, 6.45) is 3.50. The smallest absolute Gasteiger partial charge is 0.330 e. The van der Waals surface area contributed by atoms with E-state index < -0.39 is 109 Å². The molecule has 2 bridgehead atoms. The van der Waals surface area contributed by atoms with E-state index in [-0.39, 0.29) is 69.5 Å². The Bertz CT molecular complexity index is 3370. The lowest BCUT2D eigenvalue weighted by molar-refractivity contribution is -0.165. The number of amides is 6. The number of carbonyl (C=O) groups is 9. The maximum absolute atomic E-state index is 14.9. The summed E-state index contributed by atoms with van der Waals surface area (Å²) < 4.78 is 34.8. The highest BCUT2D eigenvalue weighted by Crippen LogP contribution is 2.39. The highest BCUT2D eigenvalue weighted by molar-refractivity contribution is 6.38. The minimum absolute atomic E-state index is 0.0139.